The van der Waals surface area contributed by atoms with E-state index in [4.69, 9.17) is 27.9 Å². The predicted molar refractivity (Wildman–Crippen MR) is 146 cm³/mol. The number of rotatable bonds is 9. The highest BCUT2D eigenvalue weighted by atomic mass is 35.5. The Kier molecular flexibility index (Phi) is 8.93. The van der Waals surface area contributed by atoms with Crippen LogP contribution in [0.3, 0.4) is 0 Å². The lowest BCUT2D eigenvalue weighted by molar-refractivity contribution is -0.120. The molecule has 6 nitrogen and oxygen atoms in total. The number of nitrogens with one attached hydrogen (secondary N) is 1. The Morgan fingerprint density at radius 3 is 2.28 bits per heavy atom. The number of nitrogens with zero attached hydrogens (tertiary/aromatic N) is 1. The molecule has 0 radical (unpaired) electrons. The SMILES string of the molecule is COc1cc(C)c([C@H](C)NC(=O)CN(c2cccc(Cl)c2Cl)S(=O)(=O)c2ccccc2)cc1C(C)C. The molecule has 0 fully saturated rings. The third-order valence-corrected chi connectivity index (χ3v) is 8.49. The smallest absolute Gasteiger partial charge is 0.264 e. The third-order valence-electron chi connectivity index (χ3n) is 5.90. The molecular formula is C27H30Cl2N2O4S. The molecule has 3 rings (SSSR count). The highest BCUT2D eigenvalue weighted by Gasteiger charge is 2.30. The standard InChI is InChI=1S/C27H30Cl2N2O4S/c1-17(2)21-15-22(18(3)14-25(21)35-5)19(4)30-26(32)16-31(24-13-9-12-23(28)27(24)29)36(33,34)20-10-7-6-8-11-20/h6-15,17,19H,16H2,1-5H3,(H,30,32)/t19-/m0/s1. The molecule has 0 unspecified atom stereocenters. The number of carbonyl (C=O) groups is 1. The van der Waals surface area contributed by atoms with Gasteiger partial charge in [0.1, 0.15) is 12.3 Å². The van der Waals surface area contributed by atoms with Crippen molar-refractivity contribution >= 4 is 44.8 Å². The van der Waals surface area contributed by atoms with Crippen LogP contribution in [-0.4, -0.2) is 28.0 Å². The number of hydrogen-bond acceptors (Lipinski definition) is 4. The lowest BCUT2D eigenvalue weighted by Crippen LogP contribution is -2.41. The molecular weight excluding hydrogens is 519 g/mol. The number of amides is 1. The van der Waals surface area contributed by atoms with E-state index in [0.717, 1.165) is 26.7 Å². The van der Waals surface area contributed by atoms with Crippen LogP contribution in [0.2, 0.25) is 10.0 Å². The number of sulfonamides is 1. The summed E-state index contributed by atoms with van der Waals surface area (Å²) in [6, 6.07) is 16.1. The van der Waals surface area contributed by atoms with Crippen molar-refractivity contribution in [3.8, 4) is 5.75 Å². The van der Waals surface area contributed by atoms with Crippen LogP contribution >= 0.6 is 23.2 Å². The van der Waals surface area contributed by atoms with Crippen LogP contribution in [0.15, 0.2) is 65.6 Å². The van der Waals surface area contributed by atoms with Gasteiger partial charge in [-0.2, -0.15) is 0 Å². The van der Waals surface area contributed by atoms with Gasteiger partial charge < -0.3 is 10.1 Å². The first-order chi connectivity index (χ1) is 17.0. The Hall–Kier alpha value is -2.74. The van der Waals surface area contributed by atoms with Crippen LogP contribution in [-0.2, 0) is 14.8 Å². The molecule has 1 atom stereocenters. The highest BCUT2D eigenvalue weighted by molar-refractivity contribution is 7.92. The molecule has 0 saturated carbocycles. The fourth-order valence-corrected chi connectivity index (χ4v) is 5.91. The van der Waals surface area contributed by atoms with Gasteiger partial charge in [-0.05, 0) is 72.9 Å². The quantitative estimate of drug-likeness (QED) is 0.330. The van der Waals surface area contributed by atoms with Crippen LogP contribution in [0.1, 0.15) is 49.4 Å². The Morgan fingerprint density at radius 2 is 1.67 bits per heavy atom. The molecule has 1 N–H and O–H groups in total. The van der Waals surface area contributed by atoms with Gasteiger partial charge in [-0.3, -0.25) is 9.10 Å². The van der Waals surface area contributed by atoms with Crippen molar-refractivity contribution < 1.29 is 17.9 Å². The molecule has 0 heterocycles. The number of hydrogen-bond donors (Lipinski definition) is 1. The van der Waals surface area contributed by atoms with Crippen LogP contribution in [0.5, 0.6) is 5.75 Å². The summed E-state index contributed by atoms with van der Waals surface area (Å²) in [5.74, 6) is 0.526. The fourth-order valence-electron chi connectivity index (χ4n) is 4.01. The molecule has 0 aliphatic heterocycles. The van der Waals surface area contributed by atoms with E-state index >= 15 is 0 Å². The number of carbonyl (C=O) groups excluding carboxylic acids is 1. The molecule has 192 valence electrons. The second-order valence-electron chi connectivity index (χ2n) is 8.79. The number of aryl methyl sites for hydroxylation is 1. The zero-order valence-corrected chi connectivity index (χ0v) is 23.2. The Bertz CT molecular complexity index is 1350. The molecule has 0 aliphatic carbocycles. The molecule has 3 aromatic carbocycles. The number of ether oxygens (including phenoxy) is 1. The molecule has 0 aliphatic rings. The van der Waals surface area contributed by atoms with Crippen LogP contribution < -0.4 is 14.4 Å². The lowest BCUT2D eigenvalue weighted by Gasteiger charge is -2.26. The maximum atomic E-state index is 13.6. The summed E-state index contributed by atoms with van der Waals surface area (Å²) in [6.07, 6.45) is 0. The summed E-state index contributed by atoms with van der Waals surface area (Å²) < 4.78 is 33.6. The zero-order chi connectivity index (χ0) is 26.6. The molecule has 3 aromatic rings. The van der Waals surface area contributed by atoms with E-state index in [-0.39, 0.29) is 32.6 Å². The number of anilines is 1. The minimum atomic E-state index is -4.11. The summed E-state index contributed by atoms with van der Waals surface area (Å²) in [6.45, 7) is 7.47. The van der Waals surface area contributed by atoms with Crippen molar-refractivity contribution in [3.05, 3.63) is 87.4 Å². The lowest BCUT2D eigenvalue weighted by atomic mass is 9.93. The van der Waals surface area contributed by atoms with Crippen molar-refractivity contribution in [1.29, 1.82) is 0 Å². The third kappa shape index (κ3) is 5.97. The second-order valence-corrected chi connectivity index (χ2v) is 11.4. The van der Waals surface area contributed by atoms with Crippen molar-refractivity contribution in [2.75, 3.05) is 18.0 Å². The van der Waals surface area contributed by atoms with Gasteiger partial charge in [-0.1, -0.05) is 61.3 Å². The maximum Gasteiger partial charge on any atom is 0.264 e. The maximum absolute atomic E-state index is 13.6. The van der Waals surface area contributed by atoms with Gasteiger partial charge in [0.05, 0.1) is 33.8 Å². The van der Waals surface area contributed by atoms with Gasteiger partial charge in [0.2, 0.25) is 5.91 Å². The highest BCUT2D eigenvalue weighted by Crippen LogP contribution is 2.36. The number of benzene rings is 3. The van der Waals surface area contributed by atoms with E-state index in [9.17, 15) is 13.2 Å². The van der Waals surface area contributed by atoms with Gasteiger partial charge in [0.15, 0.2) is 0 Å². The van der Waals surface area contributed by atoms with Gasteiger partial charge in [-0.15, -0.1) is 0 Å². The largest absolute Gasteiger partial charge is 0.496 e. The van der Waals surface area contributed by atoms with Crippen LogP contribution in [0.25, 0.3) is 0 Å². The normalized spacial score (nSPS) is 12.3. The van der Waals surface area contributed by atoms with E-state index in [1.54, 1.807) is 37.4 Å². The topological polar surface area (TPSA) is 75.7 Å². The summed E-state index contributed by atoms with van der Waals surface area (Å²) in [5.41, 5.74) is 3.03. The van der Waals surface area contributed by atoms with Crippen molar-refractivity contribution in [1.82, 2.24) is 5.32 Å². The Labute approximate surface area is 223 Å². The second kappa shape index (κ2) is 11.5. The van der Waals surface area contributed by atoms with E-state index in [2.05, 4.69) is 19.2 Å². The van der Waals surface area contributed by atoms with Gasteiger partial charge in [0, 0.05) is 0 Å². The van der Waals surface area contributed by atoms with Gasteiger partial charge >= 0.3 is 0 Å². The summed E-state index contributed by atoms with van der Waals surface area (Å²) in [5, 5.41) is 3.17. The number of halogens is 2. The summed E-state index contributed by atoms with van der Waals surface area (Å²) in [7, 11) is -2.48. The van der Waals surface area contributed by atoms with Crippen molar-refractivity contribution in [2.24, 2.45) is 0 Å². The van der Waals surface area contributed by atoms with E-state index < -0.39 is 22.5 Å². The average molecular weight is 550 g/mol. The first-order valence-corrected chi connectivity index (χ1v) is 13.7. The molecule has 9 heteroatoms. The van der Waals surface area contributed by atoms with Gasteiger partial charge in [-0.25, -0.2) is 8.42 Å². The zero-order valence-electron chi connectivity index (χ0n) is 20.9. The Balaban J connectivity index is 1.95. The average Bonchev–Trinajstić information content (AvgIpc) is 2.84. The fraction of sp³-hybridized carbons (Fsp3) is 0.296. The van der Waals surface area contributed by atoms with E-state index in [1.165, 1.54) is 18.2 Å². The van der Waals surface area contributed by atoms with E-state index in [0.29, 0.717) is 0 Å². The predicted octanol–water partition coefficient (Wildman–Crippen LogP) is 6.51. The Morgan fingerprint density at radius 1 is 1.00 bits per heavy atom. The minimum Gasteiger partial charge on any atom is -0.496 e. The first-order valence-electron chi connectivity index (χ1n) is 11.5. The van der Waals surface area contributed by atoms with Crippen molar-refractivity contribution in [3.63, 3.8) is 0 Å². The summed E-state index contributed by atoms with van der Waals surface area (Å²) in [4.78, 5) is 13.3. The van der Waals surface area contributed by atoms with Crippen molar-refractivity contribution in [2.45, 2.75) is 44.6 Å². The van der Waals surface area contributed by atoms with Gasteiger partial charge in [0.25, 0.3) is 10.0 Å². The first kappa shape index (κ1) is 27.8. The minimum absolute atomic E-state index is 0.0365. The monoisotopic (exact) mass is 548 g/mol. The molecule has 1 amide bonds. The molecule has 36 heavy (non-hydrogen) atoms. The molecule has 0 spiro atoms. The van der Waals surface area contributed by atoms with Crippen LogP contribution in [0, 0.1) is 6.92 Å². The van der Waals surface area contributed by atoms with E-state index in [1.807, 2.05) is 26.0 Å². The molecule has 0 bridgehead atoms. The molecule has 0 saturated heterocycles. The number of methoxy groups -OCH3 is 1. The van der Waals surface area contributed by atoms with Crippen LogP contribution in [0.4, 0.5) is 5.69 Å². The summed E-state index contributed by atoms with van der Waals surface area (Å²) >= 11 is 12.6. The molecule has 0 aromatic heterocycles.